The number of ether oxygens (including phenoxy) is 1. The first kappa shape index (κ1) is 20.9. The molecule has 1 N–H and O–H groups in total. The molecule has 7 nitrogen and oxygen atoms in total. The Morgan fingerprint density at radius 1 is 1.15 bits per heavy atom. The number of aryl methyl sites for hydroxylation is 1. The minimum Gasteiger partial charge on any atom is -0.449 e. The summed E-state index contributed by atoms with van der Waals surface area (Å²) in [7, 11) is 0. The molecule has 1 amide bonds. The molecule has 1 unspecified atom stereocenters. The van der Waals surface area contributed by atoms with Crippen LogP contribution >= 0.6 is 0 Å². The third kappa shape index (κ3) is 4.09. The molecule has 7 heteroatoms. The van der Waals surface area contributed by atoms with Crippen LogP contribution < -0.4 is 4.90 Å². The van der Waals surface area contributed by atoms with E-state index >= 15 is 0 Å². The number of rotatable bonds is 5. The highest BCUT2D eigenvalue weighted by molar-refractivity contribution is 6.00. The van der Waals surface area contributed by atoms with Crippen molar-refractivity contribution >= 4 is 28.6 Å². The molecular weight excluding hydrogens is 416 g/mol. The third-order valence-electron chi connectivity index (χ3n) is 5.92. The van der Waals surface area contributed by atoms with E-state index < -0.39 is 12.1 Å². The second-order valence-electron chi connectivity index (χ2n) is 8.08. The number of hydrogen-bond acceptors (Lipinski definition) is 5. The van der Waals surface area contributed by atoms with Crippen molar-refractivity contribution in [3.8, 4) is 11.4 Å². The van der Waals surface area contributed by atoms with E-state index in [-0.39, 0.29) is 5.91 Å². The maximum absolute atomic E-state index is 13.3. The molecule has 4 aromatic rings. The number of amides is 1. The second kappa shape index (κ2) is 8.86. The van der Waals surface area contributed by atoms with Crippen LogP contribution in [0.1, 0.15) is 35.7 Å². The van der Waals surface area contributed by atoms with Crippen LogP contribution in [0.4, 0.5) is 5.69 Å². The van der Waals surface area contributed by atoms with Crippen LogP contribution in [0.3, 0.4) is 0 Å². The summed E-state index contributed by atoms with van der Waals surface area (Å²) in [6.45, 7) is 2.48. The maximum Gasteiger partial charge on any atom is 0.338 e. The molecule has 0 saturated carbocycles. The lowest BCUT2D eigenvalue weighted by Gasteiger charge is -2.31. The topological polar surface area (TPSA) is 88.2 Å². The standard InChI is InChI=1S/C26H24N4O3/c1-2-23(25(31)30-14-6-9-17-7-3-4-10-22(17)30)33-26(32)18-11-12-20-21(15-18)29-24(28-20)19-8-5-13-27-16-19/h3-5,7-8,10-13,15-16,23H,2,6,9,14H2,1H3,(H,28,29). The number of carbonyl (C=O) groups is 2. The van der Waals surface area contributed by atoms with Crippen molar-refractivity contribution in [1.29, 1.82) is 0 Å². The molecule has 0 aliphatic carbocycles. The van der Waals surface area contributed by atoms with E-state index in [9.17, 15) is 9.59 Å². The molecule has 33 heavy (non-hydrogen) atoms. The van der Waals surface area contributed by atoms with Crippen LogP contribution in [0.25, 0.3) is 22.4 Å². The van der Waals surface area contributed by atoms with Crippen molar-refractivity contribution < 1.29 is 14.3 Å². The zero-order valence-corrected chi connectivity index (χ0v) is 18.3. The van der Waals surface area contributed by atoms with Crippen LogP contribution in [-0.4, -0.2) is 39.5 Å². The predicted octanol–water partition coefficient (Wildman–Crippen LogP) is 4.54. The highest BCUT2D eigenvalue weighted by atomic mass is 16.5. The molecule has 1 aliphatic heterocycles. The maximum atomic E-state index is 13.3. The van der Waals surface area contributed by atoms with Crippen LogP contribution in [-0.2, 0) is 16.0 Å². The Balaban J connectivity index is 1.35. The van der Waals surface area contributed by atoms with Crippen molar-refractivity contribution in [2.75, 3.05) is 11.4 Å². The van der Waals surface area contributed by atoms with Crippen LogP contribution in [0.5, 0.6) is 0 Å². The molecule has 0 saturated heterocycles. The number of aromatic nitrogens is 3. The summed E-state index contributed by atoms with van der Waals surface area (Å²) in [5.74, 6) is -0.0339. The summed E-state index contributed by atoms with van der Waals surface area (Å²) in [5, 5.41) is 0. The largest absolute Gasteiger partial charge is 0.449 e. The minimum absolute atomic E-state index is 0.181. The monoisotopic (exact) mass is 440 g/mol. The number of benzene rings is 2. The number of esters is 1. The first-order valence-electron chi connectivity index (χ1n) is 11.1. The molecule has 166 valence electrons. The van der Waals surface area contributed by atoms with E-state index in [1.807, 2.05) is 43.3 Å². The first-order valence-corrected chi connectivity index (χ1v) is 11.1. The Labute approximate surface area is 191 Å². The van der Waals surface area contributed by atoms with Gasteiger partial charge in [0.15, 0.2) is 6.10 Å². The molecule has 2 aromatic heterocycles. The molecular formula is C26H24N4O3. The predicted molar refractivity (Wildman–Crippen MR) is 126 cm³/mol. The van der Waals surface area contributed by atoms with Gasteiger partial charge in [0.2, 0.25) is 0 Å². The average molecular weight is 441 g/mol. The number of para-hydroxylation sites is 1. The molecule has 0 fully saturated rings. The highest BCUT2D eigenvalue weighted by Crippen LogP contribution is 2.28. The SMILES string of the molecule is CCC(OC(=O)c1ccc2nc(-c3cccnc3)[nH]c2c1)C(=O)N1CCCc2ccccc21. The van der Waals surface area contributed by atoms with Gasteiger partial charge in [-0.05, 0) is 61.2 Å². The molecule has 0 radical (unpaired) electrons. The third-order valence-corrected chi connectivity index (χ3v) is 5.92. The Morgan fingerprint density at radius 2 is 2.03 bits per heavy atom. The lowest BCUT2D eigenvalue weighted by Crippen LogP contribution is -2.43. The van der Waals surface area contributed by atoms with Crippen molar-refractivity contribution in [3.63, 3.8) is 0 Å². The number of fused-ring (bicyclic) bond motifs is 2. The van der Waals surface area contributed by atoms with E-state index in [2.05, 4.69) is 15.0 Å². The van der Waals surface area contributed by atoms with Crippen molar-refractivity contribution in [1.82, 2.24) is 15.0 Å². The number of anilines is 1. The number of nitrogens with zero attached hydrogens (tertiary/aromatic N) is 3. The molecule has 1 atom stereocenters. The number of carbonyl (C=O) groups excluding carboxylic acids is 2. The quantitative estimate of drug-likeness (QED) is 0.460. The molecule has 5 rings (SSSR count). The van der Waals surface area contributed by atoms with E-state index in [4.69, 9.17) is 4.74 Å². The number of nitrogens with one attached hydrogen (secondary N) is 1. The summed E-state index contributed by atoms with van der Waals surface area (Å²) in [6.07, 6.45) is 4.83. The van der Waals surface area contributed by atoms with E-state index in [0.717, 1.165) is 35.2 Å². The minimum atomic E-state index is -0.841. The van der Waals surface area contributed by atoms with E-state index in [1.165, 1.54) is 0 Å². The number of hydrogen-bond donors (Lipinski definition) is 1. The van der Waals surface area contributed by atoms with Gasteiger partial charge in [-0.1, -0.05) is 25.1 Å². The van der Waals surface area contributed by atoms with Gasteiger partial charge in [-0.25, -0.2) is 9.78 Å². The number of aromatic amines is 1. The van der Waals surface area contributed by atoms with Crippen LogP contribution in [0, 0.1) is 0 Å². The van der Waals surface area contributed by atoms with Gasteiger partial charge in [0.05, 0.1) is 16.6 Å². The van der Waals surface area contributed by atoms with Crippen LogP contribution in [0.15, 0.2) is 67.0 Å². The highest BCUT2D eigenvalue weighted by Gasteiger charge is 2.30. The van der Waals surface area contributed by atoms with Crippen molar-refractivity contribution in [2.45, 2.75) is 32.3 Å². The number of imidazole rings is 1. The van der Waals surface area contributed by atoms with Gasteiger partial charge in [-0.3, -0.25) is 9.78 Å². The number of H-pyrrole nitrogens is 1. The normalized spacial score (nSPS) is 14.0. The zero-order chi connectivity index (χ0) is 22.8. The zero-order valence-electron chi connectivity index (χ0n) is 18.3. The van der Waals surface area contributed by atoms with E-state index in [1.54, 1.807) is 35.5 Å². The molecule has 3 heterocycles. The van der Waals surface area contributed by atoms with Gasteiger partial charge in [0.1, 0.15) is 5.82 Å². The Kier molecular flexibility index (Phi) is 5.60. The van der Waals surface area contributed by atoms with Crippen molar-refractivity contribution in [3.05, 3.63) is 78.1 Å². The average Bonchev–Trinajstić information content (AvgIpc) is 3.30. The fourth-order valence-electron chi connectivity index (χ4n) is 4.22. The lowest BCUT2D eigenvalue weighted by atomic mass is 10.0. The second-order valence-corrected chi connectivity index (χ2v) is 8.08. The van der Waals surface area contributed by atoms with E-state index in [0.29, 0.717) is 29.9 Å². The van der Waals surface area contributed by atoms with Gasteiger partial charge in [-0.2, -0.15) is 0 Å². The fraction of sp³-hybridized carbons (Fsp3) is 0.231. The fourth-order valence-corrected chi connectivity index (χ4v) is 4.22. The van der Waals surface area contributed by atoms with Crippen LogP contribution in [0.2, 0.25) is 0 Å². The van der Waals surface area contributed by atoms with Crippen molar-refractivity contribution in [2.24, 2.45) is 0 Å². The Hall–Kier alpha value is -4.00. The Morgan fingerprint density at radius 3 is 2.85 bits per heavy atom. The lowest BCUT2D eigenvalue weighted by molar-refractivity contribution is -0.127. The Bertz CT molecular complexity index is 1320. The smallest absolute Gasteiger partial charge is 0.338 e. The van der Waals surface area contributed by atoms with Gasteiger partial charge < -0.3 is 14.6 Å². The summed E-state index contributed by atoms with van der Waals surface area (Å²) in [5.41, 5.74) is 4.73. The van der Waals surface area contributed by atoms with Gasteiger partial charge >= 0.3 is 5.97 Å². The van der Waals surface area contributed by atoms with Gasteiger partial charge in [0.25, 0.3) is 5.91 Å². The molecule has 0 bridgehead atoms. The first-order chi connectivity index (χ1) is 16.1. The molecule has 1 aliphatic rings. The van der Waals surface area contributed by atoms with Gasteiger partial charge in [-0.15, -0.1) is 0 Å². The molecule has 0 spiro atoms. The molecule has 2 aromatic carbocycles. The summed E-state index contributed by atoms with van der Waals surface area (Å²) >= 11 is 0. The summed E-state index contributed by atoms with van der Waals surface area (Å²) < 4.78 is 5.68. The summed E-state index contributed by atoms with van der Waals surface area (Å²) in [6, 6.07) is 16.8. The number of pyridine rings is 1. The summed E-state index contributed by atoms with van der Waals surface area (Å²) in [4.78, 5) is 39.8. The van der Waals surface area contributed by atoms with Gasteiger partial charge in [0, 0.05) is 30.2 Å².